The number of carbonyl (C=O) groups excluding carboxylic acids is 1. The highest BCUT2D eigenvalue weighted by molar-refractivity contribution is 6.33. The first-order chi connectivity index (χ1) is 11.4. The van der Waals surface area contributed by atoms with Gasteiger partial charge >= 0.3 is 0 Å². The maximum atomic E-state index is 12.4. The molecule has 1 atom stereocenters. The van der Waals surface area contributed by atoms with Gasteiger partial charge in [0.1, 0.15) is 17.6 Å². The number of hydrogen-bond acceptors (Lipinski definition) is 4. The Balaban J connectivity index is 0.00000312. The van der Waals surface area contributed by atoms with Crippen molar-refractivity contribution in [3.8, 4) is 11.5 Å². The summed E-state index contributed by atoms with van der Waals surface area (Å²) in [5.74, 6) is 0.847. The lowest BCUT2D eigenvalue weighted by Crippen LogP contribution is -2.33. The molecule has 0 aliphatic heterocycles. The van der Waals surface area contributed by atoms with Crippen LogP contribution in [0.25, 0.3) is 0 Å². The second kappa shape index (κ2) is 9.39. The number of ether oxygens (including phenoxy) is 2. The molecular formula is C18H22Cl2N2O3. The zero-order chi connectivity index (χ0) is 17.7. The van der Waals surface area contributed by atoms with Crippen LogP contribution in [0.5, 0.6) is 11.5 Å². The highest BCUT2D eigenvalue weighted by atomic mass is 35.5. The number of nitrogen functional groups attached to an aromatic ring is 1. The summed E-state index contributed by atoms with van der Waals surface area (Å²) in [6, 6.07) is 10.8. The minimum absolute atomic E-state index is 0. The summed E-state index contributed by atoms with van der Waals surface area (Å²) in [5.41, 5.74) is 7.53. The number of anilines is 1. The van der Waals surface area contributed by atoms with E-state index < -0.39 is 0 Å². The predicted molar refractivity (Wildman–Crippen MR) is 103 cm³/mol. The summed E-state index contributed by atoms with van der Waals surface area (Å²) < 4.78 is 11.0. The zero-order valence-electron chi connectivity index (χ0n) is 14.3. The average molecular weight is 385 g/mol. The van der Waals surface area contributed by atoms with Crippen LogP contribution in [-0.4, -0.2) is 25.7 Å². The Morgan fingerprint density at radius 3 is 2.68 bits per heavy atom. The molecule has 7 heteroatoms. The first-order valence-corrected chi connectivity index (χ1v) is 7.93. The molecule has 0 aliphatic carbocycles. The van der Waals surface area contributed by atoms with Gasteiger partial charge in [-0.25, -0.2) is 0 Å². The molecule has 0 saturated carbocycles. The van der Waals surface area contributed by atoms with Gasteiger partial charge in [0.15, 0.2) is 0 Å². The van der Waals surface area contributed by atoms with Crippen LogP contribution in [-0.2, 0) is 0 Å². The van der Waals surface area contributed by atoms with Gasteiger partial charge in [-0.3, -0.25) is 4.79 Å². The van der Waals surface area contributed by atoms with Gasteiger partial charge in [0.2, 0.25) is 0 Å². The van der Waals surface area contributed by atoms with E-state index in [1.807, 2.05) is 38.1 Å². The summed E-state index contributed by atoms with van der Waals surface area (Å²) in [6.07, 6.45) is -0.189. The number of nitrogens with one attached hydrogen (secondary N) is 1. The SMILES string of the molecule is COc1cc(N)c(Cl)cc1C(=O)NCC(C)Oc1cccc(C)c1.Cl. The lowest BCUT2D eigenvalue weighted by Gasteiger charge is -2.17. The van der Waals surface area contributed by atoms with E-state index in [1.54, 1.807) is 0 Å². The number of halogens is 2. The maximum absolute atomic E-state index is 12.4. The molecule has 25 heavy (non-hydrogen) atoms. The number of benzene rings is 2. The topological polar surface area (TPSA) is 73.6 Å². The fraction of sp³-hybridized carbons (Fsp3) is 0.278. The van der Waals surface area contributed by atoms with Gasteiger partial charge in [0.25, 0.3) is 5.91 Å². The molecule has 2 aromatic carbocycles. The predicted octanol–water partition coefficient (Wildman–Crippen LogP) is 3.86. The Morgan fingerprint density at radius 1 is 1.32 bits per heavy atom. The van der Waals surface area contributed by atoms with Crippen LogP contribution in [0.1, 0.15) is 22.8 Å². The van der Waals surface area contributed by atoms with Crippen LogP contribution < -0.4 is 20.5 Å². The third kappa shape index (κ3) is 5.73. The smallest absolute Gasteiger partial charge is 0.255 e. The van der Waals surface area contributed by atoms with Crippen molar-refractivity contribution in [2.75, 3.05) is 19.4 Å². The molecule has 0 aliphatic rings. The van der Waals surface area contributed by atoms with E-state index in [0.717, 1.165) is 11.3 Å². The number of amides is 1. The van der Waals surface area contributed by atoms with Crippen LogP contribution in [0, 0.1) is 6.92 Å². The fourth-order valence-electron chi connectivity index (χ4n) is 2.21. The van der Waals surface area contributed by atoms with Crippen LogP contribution in [0.2, 0.25) is 5.02 Å². The van der Waals surface area contributed by atoms with E-state index >= 15 is 0 Å². The van der Waals surface area contributed by atoms with E-state index in [0.29, 0.717) is 28.6 Å². The maximum Gasteiger partial charge on any atom is 0.255 e. The lowest BCUT2D eigenvalue weighted by molar-refractivity contribution is 0.0929. The van der Waals surface area contributed by atoms with Crippen molar-refractivity contribution >= 4 is 35.6 Å². The van der Waals surface area contributed by atoms with Gasteiger partial charge in [-0.2, -0.15) is 0 Å². The van der Waals surface area contributed by atoms with Crippen molar-refractivity contribution in [1.82, 2.24) is 5.32 Å². The molecule has 3 N–H and O–H groups in total. The second-order valence-corrected chi connectivity index (χ2v) is 5.94. The molecule has 0 radical (unpaired) electrons. The number of nitrogens with two attached hydrogens (primary N) is 1. The first kappa shape index (κ1) is 20.9. The number of methoxy groups -OCH3 is 1. The molecule has 0 aromatic heterocycles. The highest BCUT2D eigenvalue weighted by Crippen LogP contribution is 2.28. The molecule has 0 bridgehead atoms. The molecule has 1 amide bonds. The van der Waals surface area contributed by atoms with Gasteiger partial charge in [-0.05, 0) is 37.6 Å². The molecule has 136 valence electrons. The minimum atomic E-state index is -0.298. The molecule has 5 nitrogen and oxygen atoms in total. The molecule has 0 saturated heterocycles. The van der Waals surface area contributed by atoms with Gasteiger partial charge in [0, 0.05) is 6.07 Å². The molecule has 0 spiro atoms. The molecule has 0 fully saturated rings. The minimum Gasteiger partial charge on any atom is -0.496 e. The van der Waals surface area contributed by atoms with Gasteiger partial charge in [0.05, 0.1) is 29.9 Å². The standard InChI is InChI=1S/C18H21ClN2O3.ClH/c1-11-5-4-6-13(7-11)24-12(2)10-21-18(22)14-8-15(19)16(20)9-17(14)23-3;/h4-9,12H,10,20H2,1-3H3,(H,21,22);1H. The summed E-state index contributed by atoms with van der Waals surface area (Å²) in [6.45, 7) is 4.23. The number of aryl methyl sites for hydroxylation is 1. The Hall–Kier alpha value is -2.11. The van der Waals surface area contributed by atoms with Gasteiger partial charge < -0.3 is 20.5 Å². The van der Waals surface area contributed by atoms with Gasteiger partial charge in [-0.1, -0.05) is 23.7 Å². The zero-order valence-corrected chi connectivity index (χ0v) is 15.9. The van der Waals surface area contributed by atoms with E-state index in [2.05, 4.69) is 5.32 Å². The van der Waals surface area contributed by atoms with Crippen molar-refractivity contribution in [1.29, 1.82) is 0 Å². The Labute approximate surface area is 158 Å². The molecular weight excluding hydrogens is 363 g/mol. The Bertz CT molecular complexity index is 738. The Morgan fingerprint density at radius 2 is 2.04 bits per heavy atom. The normalized spacial score (nSPS) is 11.2. The van der Waals surface area contributed by atoms with Crippen molar-refractivity contribution in [2.24, 2.45) is 0 Å². The third-order valence-corrected chi connectivity index (χ3v) is 3.77. The molecule has 0 heterocycles. The van der Waals surface area contributed by atoms with Crippen LogP contribution in [0.4, 0.5) is 5.69 Å². The number of hydrogen-bond donors (Lipinski definition) is 2. The average Bonchev–Trinajstić information content (AvgIpc) is 2.54. The highest BCUT2D eigenvalue weighted by Gasteiger charge is 2.16. The quantitative estimate of drug-likeness (QED) is 0.741. The summed E-state index contributed by atoms with van der Waals surface area (Å²) in [4.78, 5) is 12.4. The second-order valence-electron chi connectivity index (χ2n) is 5.53. The summed E-state index contributed by atoms with van der Waals surface area (Å²) in [5, 5.41) is 3.12. The molecule has 1 unspecified atom stereocenters. The van der Waals surface area contributed by atoms with E-state index in [1.165, 1.54) is 19.2 Å². The summed E-state index contributed by atoms with van der Waals surface area (Å²) in [7, 11) is 1.48. The lowest BCUT2D eigenvalue weighted by atomic mass is 10.1. The monoisotopic (exact) mass is 384 g/mol. The van der Waals surface area contributed by atoms with Crippen molar-refractivity contribution < 1.29 is 14.3 Å². The number of carbonyl (C=O) groups is 1. The van der Waals surface area contributed by atoms with E-state index in [9.17, 15) is 4.79 Å². The Kier molecular flexibility index (Phi) is 7.87. The van der Waals surface area contributed by atoms with Crippen LogP contribution >= 0.6 is 24.0 Å². The van der Waals surface area contributed by atoms with E-state index in [-0.39, 0.29) is 24.4 Å². The molecule has 2 rings (SSSR count). The first-order valence-electron chi connectivity index (χ1n) is 7.55. The number of rotatable bonds is 6. The molecule has 2 aromatic rings. The van der Waals surface area contributed by atoms with Gasteiger partial charge in [-0.15, -0.1) is 12.4 Å². The largest absolute Gasteiger partial charge is 0.496 e. The van der Waals surface area contributed by atoms with Crippen LogP contribution in [0.15, 0.2) is 36.4 Å². The van der Waals surface area contributed by atoms with Crippen molar-refractivity contribution in [3.63, 3.8) is 0 Å². The van der Waals surface area contributed by atoms with E-state index in [4.69, 9.17) is 26.8 Å². The third-order valence-electron chi connectivity index (χ3n) is 3.44. The van der Waals surface area contributed by atoms with Crippen molar-refractivity contribution in [3.05, 3.63) is 52.5 Å². The summed E-state index contributed by atoms with van der Waals surface area (Å²) >= 11 is 5.99. The fourth-order valence-corrected chi connectivity index (χ4v) is 2.37. The van der Waals surface area contributed by atoms with Crippen LogP contribution in [0.3, 0.4) is 0 Å². The van der Waals surface area contributed by atoms with Crippen molar-refractivity contribution in [2.45, 2.75) is 20.0 Å².